The van der Waals surface area contributed by atoms with Crippen LogP contribution in [-0.4, -0.2) is 6.36 Å². The highest BCUT2D eigenvalue weighted by Gasteiger charge is 2.32. The van der Waals surface area contributed by atoms with Crippen LogP contribution in [0.5, 0.6) is 5.75 Å². The van der Waals surface area contributed by atoms with Crippen LogP contribution in [-0.2, 0) is 0 Å². The van der Waals surface area contributed by atoms with Crippen molar-refractivity contribution in [3.05, 3.63) is 29.8 Å². The quantitative estimate of drug-likeness (QED) is 0.516. The van der Waals surface area contributed by atoms with Gasteiger partial charge in [-0.1, -0.05) is 44.6 Å². The Balaban J connectivity index is 1.66. The molecule has 2 aliphatic rings. The number of rotatable bonds is 5. The van der Waals surface area contributed by atoms with Gasteiger partial charge in [0.2, 0.25) is 0 Å². The van der Waals surface area contributed by atoms with Gasteiger partial charge in [0.25, 0.3) is 0 Å². The maximum atomic E-state index is 12.4. The van der Waals surface area contributed by atoms with Crippen LogP contribution >= 0.6 is 0 Å². The largest absolute Gasteiger partial charge is 0.573 e. The maximum Gasteiger partial charge on any atom is 0.573 e. The Morgan fingerprint density at radius 3 is 2.38 bits per heavy atom. The SMILES string of the molecule is [2H]C1C[C@H](C2CCC(C([2H])([2H])C([2H])([2H])C([2H])([2H])[2H])CC2)CC([2H])([2H])[C@H]1c1ccc(OC(F)(F)F)cc1. The molecule has 2 saturated carbocycles. The molecule has 0 radical (unpaired) electrons. The summed E-state index contributed by atoms with van der Waals surface area (Å²) in [7, 11) is 0. The summed E-state index contributed by atoms with van der Waals surface area (Å²) in [6.45, 7) is -3.10. The van der Waals surface area contributed by atoms with Gasteiger partial charge in [0.05, 0.1) is 0 Å². The van der Waals surface area contributed by atoms with E-state index in [-0.39, 0.29) is 31.1 Å². The summed E-state index contributed by atoms with van der Waals surface area (Å²) in [5, 5.41) is 0. The number of halogens is 3. The molecule has 0 N–H and O–H groups in total. The lowest BCUT2D eigenvalue weighted by Crippen LogP contribution is -2.25. The average Bonchev–Trinajstić information content (AvgIpc) is 2.72. The molecule has 0 bridgehead atoms. The molecule has 0 heterocycles. The lowest BCUT2D eigenvalue weighted by molar-refractivity contribution is -0.274. The van der Waals surface area contributed by atoms with E-state index in [0.29, 0.717) is 24.8 Å². The van der Waals surface area contributed by atoms with E-state index in [1.165, 1.54) is 12.1 Å². The molecule has 1 nitrogen and oxygen atoms in total. The van der Waals surface area contributed by atoms with Gasteiger partial charge < -0.3 is 4.74 Å². The summed E-state index contributed by atoms with van der Waals surface area (Å²) >= 11 is 0. The standard InChI is InChI=1S/C22H31F3O/c1-2-3-16-4-6-17(7-5-16)18-8-10-19(11-9-18)20-12-14-21(15-13-20)26-22(23,24)25/h12-19H,2-11H2,1H3/t16?,17?,18-,19-/i1D3,2D2,3D2,10D,11D2/t10?,16?,17?,18-,19-/m0/s1. The van der Waals surface area contributed by atoms with E-state index in [4.69, 9.17) is 13.7 Å². The van der Waals surface area contributed by atoms with Crippen molar-refractivity contribution in [2.24, 2.45) is 17.8 Å². The van der Waals surface area contributed by atoms with E-state index in [9.17, 15) is 13.2 Å². The van der Waals surface area contributed by atoms with Crippen LogP contribution in [0.3, 0.4) is 0 Å². The highest BCUT2D eigenvalue weighted by atomic mass is 19.4. The molecule has 1 aromatic carbocycles. The summed E-state index contributed by atoms with van der Waals surface area (Å²) in [4.78, 5) is 0. The van der Waals surface area contributed by atoms with Crippen molar-refractivity contribution in [1.29, 1.82) is 0 Å². The molecule has 1 aromatic rings. The molecule has 1 unspecified atom stereocenters. The van der Waals surface area contributed by atoms with E-state index >= 15 is 0 Å². The normalized spacial score (nSPS) is 42.2. The van der Waals surface area contributed by atoms with Crippen molar-refractivity contribution in [2.45, 2.75) is 83.2 Å². The Kier molecular flexibility index (Phi) is 3.46. The van der Waals surface area contributed by atoms with E-state index in [1.807, 2.05) is 0 Å². The number of ether oxygens (including phenoxy) is 1. The van der Waals surface area contributed by atoms with Crippen molar-refractivity contribution in [2.75, 3.05) is 0 Å². The van der Waals surface area contributed by atoms with Gasteiger partial charge in [-0.05, 0) is 79.8 Å². The minimum Gasteiger partial charge on any atom is -0.406 e. The van der Waals surface area contributed by atoms with Gasteiger partial charge in [0, 0.05) is 13.7 Å². The molecule has 3 rings (SSSR count). The number of benzene rings is 1. The van der Waals surface area contributed by atoms with Crippen LogP contribution in [0.2, 0.25) is 0 Å². The zero-order chi connectivity index (χ0) is 27.3. The molecule has 26 heavy (non-hydrogen) atoms. The topological polar surface area (TPSA) is 9.23 Å². The minimum atomic E-state index is -4.83. The Morgan fingerprint density at radius 1 is 1.08 bits per heavy atom. The Morgan fingerprint density at radius 2 is 1.77 bits per heavy atom. The molecule has 146 valence electrons. The van der Waals surface area contributed by atoms with Crippen LogP contribution in [0.25, 0.3) is 0 Å². The highest BCUT2D eigenvalue weighted by molar-refractivity contribution is 5.29. The third-order valence-electron chi connectivity index (χ3n) is 5.46. The minimum absolute atomic E-state index is 0.00196. The van der Waals surface area contributed by atoms with E-state index in [2.05, 4.69) is 4.74 Å². The van der Waals surface area contributed by atoms with Crippen LogP contribution in [0, 0.1) is 17.8 Å². The van der Waals surface area contributed by atoms with Crippen molar-refractivity contribution < 1.29 is 31.6 Å². The van der Waals surface area contributed by atoms with Gasteiger partial charge in [-0.25, -0.2) is 0 Å². The summed E-state index contributed by atoms with van der Waals surface area (Å²) in [6, 6.07) is 4.95. The molecular formula is C22H31F3O. The third kappa shape index (κ3) is 5.40. The Labute approximate surface area is 169 Å². The fraction of sp³-hybridized carbons (Fsp3) is 0.727. The molecule has 0 amide bonds. The lowest BCUT2D eigenvalue weighted by Gasteiger charge is -2.38. The second-order valence-electron chi connectivity index (χ2n) is 7.12. The number of hydrogen-bond donors (Lipinski definition) is 0. The number of hydrogen-bond acceptors (Lipinski definition) is 1. The molecule has 0 spiro atoms. The van der Waals surface area contributed by atoms with Crippen molar-refractivity contribution in [3.8, 4) is 5.75 Å². The van der Waals surface area contributed by atoms with Crippen LogP contribution in [0.15, 0.2) is 24.3 Å². The maximum absolute atomic E-state index is 12.4. The highest BCUT2D eigenvalue weighted by Crippen LogP contribution is 2.44. The average molecular weight is 379 g/mol. The van der Waals surface area contributed by atoms with Crippen molar-refractivity contribution >= 4 is 0 Å². The van der Waals surface area contributed by atoms with Gasteiger partial charge in [-0.2, -0.15) is 0 Å². The van der Waals surface area contributed by atoms with E-state index in [0.717, 1.165) is 12.1 Å². The number of alkyl halides is 3. The predicted octanol–water partition coefficient (Wildman–Crippen LogP) is 7.47. The monoisotopic (exact) mass is 378 g/mol. The van der Waals surface area contributed by atoms with Crippen molar-refractivity contribution in [1.82, 2.24) is 0 Å². The first kappa shape index (κ1) is 10.4. The fourth-order valence-corrected chi connectivity index (χ4v) is 4.08. The second kappa shape index (κ2) is 8.67. The van der Waals surface area contributed by atoms with E-state index < -0.39 is 56.3 Å². The second-order valence-corrected chi connectivity index (χ2v) is 7.12. The first-order valence-electron chi connectivity index (χ1n) is 14.1. The fourth-order valence-electron chi connectivity index (χ4n) is 4.08. The van der Waals surface area contributed by atoms with Crippen LogP contribution in [0.1, 0.15) is 96.1 Å². The third-order valence-corrected chi connectivity index (χ3v) is 5.46. The van der Waals surface area contributed by atoms with Gasteiger partial charge >= 0.3 is 6.36 Å². The molecule has 0 saturated heterocycles. The molecule has 2 fully saturated rings. The summed E-state index contributed by atoms with van der Waals surface area (Å²) in [5.74, 6) is -2.17. The smallest absolute Gasteiger partial charge is 0.406 e. The zero-order valence-electron chi connectivity index (χ0n) is 24.5. The molecular weight excluding hydrogens is 337 g/mol. The van der Waals surface area contributed by atoms with Crippen molar-refractivity contribution in [3.63, 3.8) is 0 Å². The summed E-state index contributed by atoms with van der Waals surface area (Å²) in [6.07, 6.45) is -10.9. The lowest BCUT2D eigenvalue weighted by atomic mass is 9.68. The summed E-state index contributed by atoms with van der Waals surface area (Å²) < 4.78 is 122. The Hall–Kier alpha value is -1.19. The van der Waals surface area contributed by atoms with Crippen LogP contribution < -0.4 is 4.74 Å². The predicted molar refractivity (Wildman–Crippen MR) is 98.2 cm³/mol. The first-order chi connectivity index (χ1) is 16.3. The zero-order valence-corrected chi connectivity index (χ0v) is 14.5. The van der Waals surface area contributed by atoms with Gasteiger partial charge in [-0.15, -0.1) is 13.2 Å². The molecule has 0 aromatic heterocycles. The van der Waals surface area contributed by atoms with Gasteiger partial charge in [0.1, 0.15) is 5.75 Å². The first-order valence-corrected chi connectivity index (χ1v) is 9.04. The summed E-state index contributed by atoms with van der Waals surface area (Å²) in [5.41, 5.74) is 0.428. The molecule has 2 aliphatic carbocycles. The molecule has 0 aliphatic heterocycles. The van der Waals surface area contributed by atoms with E-state index in [1.54, 1.807) is 0 Å². The molecule has 3 atom stereocenters. The Bertz CT molecular complexity index is 893. The van der Waals surface area contributed by atoms with Gasteiger partial charge in [0.15, 0.2) is 0 Å². The van der Waals surface area contributed by atoms with Gasteiger partial charge in [-0.3, -0.25) is 0 Å². The molecule has 4 heteroatoms. The van der Waals surface area contributed by atoms with Crippen LogP contribution in [0.4, 0.5) is 13.2 Å².